The third-order valence-corrected chi connectivity index (χ3v) is 4.19. The molecular weight excluding hydrogens is 294 g/mol. The van der Waals surface area contributed by atoms with Crippen molar-refractivity contribution in [3.63, 3.8) is 0 Å². The van der Waals surface area contributed by atoms with E-state index in [1.807, 2.05) is 13.2 Å². The first-order valence-electron chi connectivity index (χ1n) is 6.56. The minimum absolute atomic E-state index is 0.286. The summed E-state index contributed by atoms with van der Waals surface area (Å²) in [7, 11) is 2.01. The van der Waals surface area contributed by atoms with Crippen molar-refractivity contribution in [2.45, 2.75) is 45.4 Å². The highest BCUT2D eigenvalue weighted by Crippen LogP contribution is 2.35. The van der Waals surface area contributed by atoms with Crippen molar-refractivity contribution in [3.05, 3.63) is 16.4 Å². The molecule has 0 aliphatic carbocycles. The molecule has 0 spiro atoms. The number of aromatic nitrogens is 2. The van der Waals surface area contributed by atoms with Crippen LogP contribution in [0.4, 0.5) is 0 Å². The van der Waals surface area contributed by atoms with Gasteiger partial charge in [0.1, 0.15) is 0 Å². The second kappa shape index (κ2) is 5.72. The Morgan fingerprint density at radius 3 is 2.78 bits per heavy atom. The molecule has 1 aromatic heterocycles. The van der Waals surface area contributed by atoms with Gasteiger partial charge in [-0.15, -0.1) is 0 Å². The topological polar surface area (TPSA) is 39.1 Å². The summed E-state index contributed by atoms with van der Waals surface area (Å²) in [5, 5.41) is 7.90. The van der Waals surface area contributed by atoms with Crippen molar-refractivity contribution in [1.82, 2.24) is 15.1 Å². The number of hydrogen-bond donors (Lipinski definition) is 1. The van der Waals surface area contributed by atoms with Crippen LogP contribution < -0.4 is 5.32 Å². The summed E-state index contributed by atoms with van der Waals surface area (Å²) in [4.78, 5) is 0. The summed E-state index contributed by atoms with van der Waals surface area (Å²) >= 11 is 3.62. The summed E-state index contributed by atoms with van der Waals surface area (Å²) in [6, 6.07) is 0.649. The van der Waals surface area contributed by atoms with E-state index in [4.69, 9.17) is 4.74 Å². The highest BCUT2D eigenvalue weighted by atomic mass is 79.9. The SMILES string of the molecule is CNC(c1c(Br)cnn1C(C)C)C1COC(C)C1. The van der Waals surface area contributed by atoms with E-state index in [0.717, 1.165) is 17.5 Å². The van der Waals surface area contributed by atoms with Gasteiger partial charge < -0.3 is 10.1 Å². The zero-order valence-electron chi connectivity index (χ0n) is 11.5. The zero-order chi connectivity index (χ0) is 13.3. The molecule has 102 valence electrons. The Hall–Kier alpha value is -0.390. The van der Waals surface area contributed by atoms with Crippen molar-refractivity contribution < 1.29 is 4.74 Å². The third-order valence-electron chi connectivity index (χ3n) is 3.58. The van der Waals surface area contributed by atoms with E-state index in [2.05, 4.69) is 51.8 Å². The largest absolute Gasteiger partial charge is 0.378 e. The standard InChI is InChI=1S/C13H22BrN3O/c1-8(2)17-13(11(14)6-16-17)12(15-4)10-5-9(3)18-7-10/h6,8-10,12,15H,5,7H2,1-4H3. The molecule has 2 heterocycles. The van der Waals surface area contributed by atoms with E-state index in [1.54, 1.807) is 0 Å². The van der Waals surface area contributed by atoms with Gasteiger partial charge in [0.2, 0.25) is 0 Å². The molecule has 3 atom stereocenters. The van der Waals surface area contributed by atoms with E-state index >= 15 is 0 Å². The quantitative estimate of drug-likeness (QED) is 0.928. The average molecular weight is 316 g/mol. The second-order valence-corrected chi connectivity index (χ2v) is 6.18. The monoisotopic (exact) mass is 315 g/mol. The van der Waals surface area contributed by atoms with Crippen LogP contribution in [0.1, 0.15) is 45.0 Å². The van der Waals surface area contributed by atoms with Crippen molar-refractivity contribution in [2.75, 3.05) is 13.7 Å². The molecule has 1 aliphatic rings. The fourth-order valence-corrected chi connectivity index (χ4v) is 3.25. The van der Waals surface area contributed by atoms with Gasteiger partial charge in [0.15, 0.2) is 0 Å². The number of ether oxygens (including phenoxy) is 1. The van der Waals surface area contributed by atoms with Crippen LogP contribution >= 0.6 is 15.9 Å². The van der Waals surface area contributed by atoms with E-state index in [-0.39, 0.29) is 6.04 Å². The van der Waals surface area contributed by atoms with Gasteiger partial charge in [-0.05, 0) is 50.2 Å². The van der Waals surface area contributed by atoms with Crippen molar-refractivity contribution in [2.24, 2.45) is 5.92 Å². The number of hydrogen-bond acceptors (Lipinski definition) is 3. The lowest BCUT2D eigenvalue weighted by molar-refractivity contribution is 0.116. The van der Waals surface area contributed by atoms with Crippen LogP contribution in [0.15, 0.2) is 10.7 Å². The molecule has 0 saturated carbocycles. The van der Waals surface area contributed by atoms with E-state index in [1.165, 1.54) is 5.69 Å². The minimum Gasteiger partial charge on any atom is -0.378 e. The molecule has 1 saturated heterocycles. The Morgan fingerprint density at radius 2 is 2.28 bits per heavy atom. The zero-order valence-corrected chi connectivity index (χ0v) is 13.1. The Balaban J connectivity index is 2.29. The predicted octanol–water partition coefficient (Wildman–Crippen LogP) is 2.91. The summed E-state index contributed by atoms with van der Waals surface area (Å²) in [6.07, 6.45) is 3.35. The maximum Gasteiger partial charge on any atom is 0.0702 e. The summed E-state index contributed by atoms with van der Waals surface area (Å²) in [5.74, 6) is 0.510. The lowest BCUT2D eigenvalue weighted by atomic mass is 9.94. The lowest BCUT2D eigenvalue weighted by Gasteiger charge is -2.25. The van der Waals surface area contributed by atoms with Gasteiger partial charge in [-0.1, -0.05) is 0 Å². The molecule has 1 aromatic rings. The van der Waals surface area contributed by atoms with Crippen molar-refractivity contribution in [1.29, 1.82) is 0 Å². The fraction of sp³-hybridized carbons (Fsp3) is 0.769. The molecule has 1 aliphatic heterocycles. The highest BCUT2D eigenvalue weighted by Gasteiger charge is 2.33. The van der Waals surface area contributed by atoms with E-state index in [0.29, 0.717) is 18.1 Å². The van der Waals surface area contributed by atoms with Crippen LogP contribution in [0, 0.1) is 5.92 Å². The van der Waals surface area contributed by atoms with Gasteiger partial charge in [0.05, 0.1) is 35.1 Å². The molecule has 0 radical (unpaired) electrons. The van der Waals surface area contributed by atoms with Gasteiger partial charge in [0, 0.05) is 12.0 Å². The third kappa shape index (κ3) is 2.63. The molecule has 3 unspecified atom stereocenters. The molecule has 4 nitrogen and oxygen atoms in total. The molecule has 0 aromatic carbocycles. The Bertz CT molecular complexity index is 405. The number of halogens is 1. The molecule has 1 N–H and O–H groups in total. The first-order chi connectivity index (χ1) is 8.54. The Kier molecular flexibility index (Phi) is 4.45. The van der Waals surface area contributed by atoms with Crippen LogP contribution in [-0.2, 0) is 4.74 Å². The molecule has 5 heteroatoms. The second-order valence-electron chi connectivity index (χ2n) is 5.32. The van der Waals surface area contributed by atoms with E-state index in [9.17, 15) is 0 Å². The first-order valence-corrected chi connectivity index (χ1v) is 7.35. The fourth-order valence-electron chi connectivity index (χ4n) is 2.73. The molecule has 0 amide bonds. The molecule has 2 rings (SSSR count). The Morgan fingerprint density at radius 1 is 1.56 bits per heavy atom. The van der Waals surface area contributed by atoms with Gasteiger partial charge >= 0.3 is 0 Å². The summed E-state index contributed by atoms with van der Waals surface area (Å²) < 4.78 is 8.87. The maximum absolute atomic E-state index is 5.70. The van der Waals surface area contributed by atoms with Crippen molar-refractivity contribution >= 4 is 15.9 Å². The molecular formula is C13H22BrN3O. The van der Waals surface area contributed by atoms with Crippen LogP contribution in [0.25, 0.3) is 0 Å². The predicted molar refractivity (Wildman–Crippen MR) is 75.6 cm³/mol. The molecule has 1 fully saturated rings. The van der Waals surface area contributed by atoms with Gasteiger partial charge in [-0.25, -0.2) is 0 Å². The average Bonchev–Trinajstić information content (AvgIpc) is 2.88. The highest BCUT2D eigenvalue weighted by molar-refractivity contribution is 9.10. The Labute approximate surface area is 117 Å². The summed E-state index contributed by atoms with van der Waals surface area (Å²) in [5.41, 5.74) is 1.23. The van der Waals surface area contributed by atoms with Crippen LogP contribution in [0.2, 0.25) is 0 Å². The minimum atomic E-state index is 0.286. The van der Waals surface area contributed by atoms with Gasteiger partial charge in [-0.3, -0.25) is 4.68 Å². The van der Waals surface area contributed by atoms with Crippen LogP contribution in [0.3, 0.4) is 0 Å². The van der Waals surface area contributed by atoms with Crippen LogP contribution in [0.5, 0.6) is 0 Å². The summed E-state index contributed by atoms with van der Waals surface area (Å²) in [6.45, 7) is 7.27. The molecule has 18 heavy (non-hydrogen) atoms. The lowest BCUT2D eigenvalue weighted by Crippen LogP contribution is -2.29. The normalized spacial score (nSPS) is 25.9. The first kappa shape index (κ1) is 14.0. The van der Waals surface area contributed by atoms with Gasteiger partial charge in [-0.2, -0.15) is 5.10 Å². The van der Waals surface area contributed by atoms with Crippen molar-refractivity contribution in [3.8, 4) is 0 Å². The smallest absolute Gasteiger partial charge is 0.0702 e. The van der Waals surface area contributed by atoms with E-state index < -0.39 is 0 Å². The number of rotatable bonds is 4. The van der Waals surface area contributed by atoms with Crippen LogP contribution in [-0.4, -0.2) is 29.5 Å². The molecule has 0 bridgehead atoms. The maximum atomic E-state index is 5.70. The van der Waals surface area contributed by atoms with Gasteiger partial charge in [0.25, 0.3) is 0 Å². The number of nitrogens with zero attached hydrogens (tertiary/aromatic N) is 2. The number of nitrogens with one attached hydrogen (secondary N) is 1.